The molecule has 0 spiro atoms. The lowest BCUT2D eigenvalue weighted by Gasteiger charge is -2.54. The first-order valence-corrected chi connectivity index (χ1v) is 8.10. The van der Waals surface area contributed by atoms with E-state index in [1.807, 2.05) is 0 Å². The smallest absolute Gasteiger partial charge is 0.155 e. The summed E-state index contributed by atoms with van der Waals surface area (Å²) in [6.07, 6.45) is 6.88. The zero-order valence-electron chi connectivity index (χ0n) is 10.9. The highest BCUT2D eigenvalue weighted by Crippen LogP contribution is 2.60. The summed E-state index contributed by atoms with van der Waals surface area (Å²) < 4.78 is 0. The Morgan fingerprint density at radius 3 is 2.32 bits per heavy atom. The van der Waals surface area contributed by atoms with Gasteiger partial charge in [0.1, 0.15) is 11.1 Å². The van der Waals surface area contributed by atoms with E-state index >= 15 is 0 Å². The Kier molecular flexibility index (Phi) is 2.68. The van der Waals surface area contributed by atoms with Crippen molar-refractivity contribution >= 4 is 11.3 Å². The second kappa shape index (κ2) is 4.29. The summed E-state index contributed by atoms with van der Waals surface area (Å²) in [4.78, 5) is 5.47. The fraction of sp³-hybridized carbons (Fsp3) is 0.733. The Morgan fingerprint density at radius 2 is 1.79 bits per heavy atom. The van der Waals surface area contributed by atoms with Crippen LogP contribution in [-0.4, -0.2) is 10.1 Å². The number of rotatable bonds is 2. The van der Waals surface area contributed by atoms with Gasteiger partial charge >= 0.3 is 0 Å². The molecule has 1 heterocycles. The van der Waals surface area contributed by atoms with Gasteiger partial charge in [0.15, 0.2) is 5.69 Å². The van der Waals surface area contributed by atoms with Crippen molar-refractivity contribution in [1.82, 2.24) is 4.98 Å². The Balaban J connectivity index is 1.73. The largest absolute Gasteiger partial charge is 0.389 e. The fourth-order valence-corrected chi connectivity index (χ4v) is 6.27. The number of thiazole rings is 1. The van der Waals surface area contributed by atoms with Gasteiger partial charge in [0.05, 0.1) is 6.61 Å². The van der Waals surface area contributed by atoms with Gasteiger partial charge in [-0.15, -0.1) is 11.3 Å². The highest BCUT2D eigenvalue weighted by Gasteiger charge is 2.49. The predicted octanol–water partition coefficient (Wildman–Crippen LogP) is 3.05. The van der Waals surface area contributed by atoms with Gasteiger partial charge in [0.2, 0.25) is 0 Å². The van der Waals surface area contributed by atoms with E-state index in [-0.39, 0.29) is 6.61 Å². The van der Waals surface area contributed by atoms with Gasteiger partial charge < -0.3 is 5.11 Å². The Hall–Kier alpha value is -0.920. The summed E-state index contributed by atoms with van der Waals surface area (Å²) >= 11 is 1.58. The average molecular weight is 274 g/mol. The third-order valence-corrected chi connectivity index (χ3v) is 6.61. The summed E-state index contributed by atoms with van der Waals surface area (Å²) in [6.45, 7) is -0.0351. The lowest BCUT2D eigenvalue weighted by Crippen LogP contribution is -2.43. The Bertz CT molecular complexity index is 517. The number of hydrogen-bond acceptors (Lipinski definition) is 4. The van der Waals surface area contributed by atoms with E-state index < -0.39 is 0 Å². The van der Waals surface area contributed by atoms with E-state index in [1.54, 1.807) is 11.3 Å². The van der Waals surface area contributed by atoms with Crippen molar-refractivity contribution in [1.29, 1.82) is 5.26 Å². The molecule has 1 aromatic heterocycles. The molecule has 0 unspecified atom stereocenters. The number of aliphatic hydroxyl groups is 1. The van der Waals surface area contributed by atoms with Gasteiger partial charge in [-0.1, -0.05) is 0 Å². The van der Waals surface area contributed by atoms with Gasteiger partial charge in [-0.2, -0.15) is 5.26 Å². The Morgan fingerprint density at radius 1 is 1.16 bits per heavy atom. The minimum Gasteiger partial charge on any atom is -0.389 e. The molecule has 100 valence electrons. The number of aromatic nitrogens is 1. The molecule has 5 rings (SSSR count). The van der Waals surface area contributed by atoms with Crippen molar-refractivity contribution in [3.05, 3.63) is 15.6 Å². The first-order valence-electron chi connectivity index (χ1n) is 7.29. The highest BCUT2D eigenvalue weighted by molar-refractivity contribution is 7.11. The minimum absolute atomic E-state index is 0.0351. The lowest BCUT2D eigenvalue weighted by atomic mass is 9.51. The zero-order valence-corrected chi connectivity index (χ0v) is 11.7. The van der Waals surface area contributed by atoms with Crippen molar-refractivity contribution in [3.8, 4) is 6.07 Å². The van der Waals surface area contributed by atoms with Crippen molar-refractivity contribution in [2.24, 2.45) is 23.7 Å². The molecule has 1 N–H and O–H groups in total. The van der Waals surface area contributed by atoms with E-state index in [9.17, 15) is 10.4 Å². The topological polar surface area (TPSA) is 56.9 Å². The second-order valence-corrected chi connectivity index (χ2v) is 7.66. The molecule has 0 atom stereocenters. The molecule has 0 saturated heterocycles. The van der Waals surface area contributed by atoms with Crippen LogP contribution in [0.1, 0.15) is 53.6 Å². The van der Waals surface area contributed by atoms with Crippen LogP contribution in [0.4, 0.5) is 0 Å². The van der Waals surface area contributed by atoms with Crippen LogP contribution in [0.2, 0.25) is 0 Å². The van der Waals surface area contributed by atoms with Gasteiger partial charge in [0.25, 0.3) is 0 Å². The van der Waals surface area contributed by atoms with Crippen molar-refractivity contribution < 1.29 is 5.11 Å². The van der Waals surface area contributed by atoms with Crippen LogP contribution in [0, 0.1) is 35.0 Å². The average Bonchev–Trinajstić information content (AvgIpc) is 2.81. The number of nitriles is 1. The number of aliphatic hydroxyl groups excluding tert-OH is 1. The summed E-state index contributed by atoms with van der Waals surface area (Å²) in [6, 6.07) is 2.25. The molecule has 19 heavy (non-hydrogen) atoms. The van der Waals surface area contributed by atoms with E-state index in [0.29, 0.717) is 16.6 Å². The zero-order chi connectivity index (χ0) is 13.0. The van der Waals surface area contributed by atoms with Crippen LogP contribution in [0.25, 0.3) is 0 Å². The first kappa shape index (κ1) is 11.9. The maximum Gasteiger partial charge on any atom is 0.155 e. The molecule has 0 amide bonds. The molecule has 4 aliphatic carbocycles. The summed E-state index contributed by atoms with van der Waals surface area (Å²) in [7, 11) is 0. The third kappa shape index (κ3) is 1.75. The predicted molar refractivity (Wildman–Crippen MR) is 72.5 cm³/mol. The third-order valence-electron chi connectivity index (χ3n) is 5.47. The molecule has 4 bridgehead atoms. The van der Waals surface area contributed by atoms with E-state index in [1.165, 1.54) is 37.0 Å². The maximum atomic E-state index is 9.29. The molecule has 0 aromatic carbocycles. The lowest BCUT2D eigenvalue weighted by molar-refractivity contribution is -0.00175. The summed E-state index contributed by atoms with van der Waals surface area (Å²) in [5, 5.41) is 19.3. The SMILES string of the molecule is N#Cc1nc(CO)sc1C1C2CC3CC(C2)CC1C3. The minimum atomic E-state index is -0.0351. The summed E-state index contributed by atoms with van der Waals surface area (Å²) in [5.74, 6) is 4.01. The van der Waals surface area contributed by atoms with Crippen LogP contribution < -0.4 is 0 Å². The van der Waals surface area contributed by atoms with Gasteiger partial charge in [0, 0.05) is 10.8 Å². The molecule has 4 fully saturated rings. The van der Waals surface area contributed by atoms with E-state index in [2.05, 4.69) is 11.1 Å². The molecule has 1 aromatic rings. The molecule has 0 radical (unpaired) electrons. The van der Waals surface area contributed by atoms with Crippen molar-refractivity contribution in [2.45, 2.75) is 44.6 Å². The number of nitrogens with zero attached hydrogens (tertiary/aromatic N) is 2. The molecular weight excluding hydrogens is 256 g/mol. The van der Waals surface area contributed by atoms with E-state index in [4.69, 9.17) is 0 Å². The normalized spacial score (nSPS) is 39.5. The second-order valence-electron chi connectivity index (χ2n) is 6.55. The van der Waals surface area contributed by atoms with Gasteiger partial charge in [-0.25, -0.2) is 4.98 Å². The molecule has 3 nitrogen and oxygen atoms in total. The quantitative estimate of drug-likeness (QED) is 0.901. The maximum absolute atomic E-state index is 9.29. The van der Waals surface area contributed by atoms with Crippen LogP contribution in [-0.2, 0) is 6.61 Å². The molecule has 4 heteroatoms. The van der Waals surface area contributed by atoms with Crippen LogP contribution in [0.3, 0.4) is 0 Å². The standard InChI is InChI=1S/C15H18N2OS/c16-6-12-15(19-13(7-18)17-12)14-10-2-8-1-9(4-10)5-11(14)3-8/h8-11,14,18H,1-5,7H2. The first-order chi connectivity index (χ1) is 9.28. The molecule has 4 aliphatic rings. The molecular formula is C15H18N2OS. The molecule has 4 saturated carbocycles. The fourth-order valence-electron chi connectivity index (χ4n) is 5.10. The van der Waals surface area contributed by atoms with Crippen LogP contribution in [0.15, 0.2) is 0 Å². The number of hydrogen-bond donors (Lipinski definition) is 1. The highest BCUT2D eigenvalue weighted by atomic mass is 32.1. The Labute approximate surface area is 117 Å². The monoisotopic (exact) mass is 274 g/mol. The van der Waals surface area contributed by atoms with Crippen molar-refractivity contribution in [3.63, 3.8) is 0 Å². The van der Waals surface area contributed by atoms with E-state index in [0.717, 1.165) is 23.7 Å². The van der Waals surface area contributed by atoms with Crippen LogP contribution in [0.5, 0.6) is 0 Å². The van der Waals surface area contributed by atoms with Gasteiger partial charge in [-0.3, -0.25) is 0 Å². The molecule has 0 aliphatic heterocycles. The summed E-state index contributed by atoms with van der Waals surface area (Å²) in [5.41, 5.74) is 0.589. The van der Waals surface area contributed by atoms with Gasteiger partial charge in [-0.05, 0) is 55.8 Å². The van der Waals surface area contributed by atoms with Crippen LogP contribution >= 0.6 is 11.3 Å². The van der Waals surface area contributed by atoms with Crippen molar-refractivity contribution in [2.75, 3.05) is 0 Å².